The number of nitro benzene ring substituents is 1. The molecule has 0 aliphatic heterocycles. The van der Waals surface area contributed by atoms with Crippen molar-refractivity contribution in [3.8, 4) is 5.75 Å². The molecule has 0 amide bonds. The lowest BCUT2D eigenvalue weighted by atomic mass is 10.1. The Morgan fingerprint density at radius 1 is 1.08 bits per heavy atom. The van der Waals surface area contributed by atoms with Gasteiger partial charge in [-0.05, 0) is 24.3 Å². The summed E-state index contributed by atoms with van der Waals surface area (Å²) in [7, 11) is 1.95. The van der Waals surface area contributed by atoms with Crippen LogP contribution in [-0.4, -0.2) is 10.0 Å². The van der Waals surface area contributed by atoms with Crippen LogP contribution in [0.15, 0.2) is 54.6 Å². The maximum Gasteiger partial charge on any atom is 0.270 e. The number of hydrogen-bond acceptors (Lipinski definition) is 3. The van der Waals surface area contributed by atoms with E-state index in [0.29, 0.717) is 5.56 Å². The van der Waals surface area contributed by atoms with Gasteiger partial charge in [0.2, 0.25) is 11.2 Å². The molecule has 0 aliphatic rings. The average molecular weight is 434 g/mol. The van der Waals surface area contributed by atoms with E-state index in [-0.39, 0.29) is 35.4 Å². The van der Waals surface area contributed by atoms with Gasteiger partial charge in [0, 0.05) is 41.3 Å². The normalized spacial score (nSPS) is 10.7. The van der Waals surface area contributed by atoms with Gasteiger partial charge in [0.05, 0.1) is 4.92 Å². The maximum atomic E-state index is 10.8. The maximum absolute atomic E-state index is 10.8. The fourth-order valence-corrected chi connectivity index (χ4v) is 2.49. The Morgan fingerprint density at radius 3 is 2.58 bits per heavy atom. The van der Waals surface area contributed by atoms with Gasteiger partial charge in [-0.25, -0.2) is 0 Å². The molecule has 1 N–H and O–H groups in total. The minimum Gasteiger partial charge on any atom is -1.00 e. The van der Waals surface area contributed by atoms with Crippen molar-refractivity contribution >= 4 is 28.7 Å². The summed E-state index contributed by atoms with van der Waals surface area (Å²) >= 11 is 0. The Morgan fingerprint density at radius 2 is 1.83 bits per heavy atom. The predicted molar refractivity (Wildman–Crippen MR) is 88.8 cm³/mol. The van der Waals surface area contributed by atoms with Crippen LogP contribution in [0.25, 0.3) is 23.1 Å². The quantitative estimate of drug-likeness (QED) is 0.282. The Hall–Kier alpha value is -2.48. The minimum atomic E-state index is -0.479. The molecule has 0 aliphatic carbocycles. The zero-order valence-corrected chi connectivity index (χ0v) is 15.0. The van der Waals surface area contributed by atoms with E-state index >= 15 is 0 Å². The van der Waals surface area contributed by atoms with Crippen LogP contribution in [0.2, 0.25) is 0 Å². The van der Waals surface area contributed by atoms with Gasteiger partial charge >= 0.3 is 0 Å². The average Bonchev–Trinajstić information content (AvgIpc) is 2.55. The molecule has 5 nitrogen and oxygen atoms in total. The van der Waals surface area contributed by atoms with E-state index in [2.05, 4.69) is 0 Å². The Labute approximate surface area is 156 Å². The van der Waals surface area contributed by atoms with E-state index in [1.54, 1.807) is 6.08 Å². The molecule has 3 aromatic rings. The number of fused-ring (bicyclic) bond motifs is 1. The fraction of sp³-hybridized carbons (Fsp3) is 0.0556. The standard InChI is InChI=1S/C18H14N2O3.HI/c1-19-15(8-6-13-4-2-3-5-17(13)19)9-7-14-12-16(20(22)23)10-11-18(14)21;/h2-12H,1H3;1H. The molecule has 0 spiro atoms. The van der Waals surface area contributed by atoms with E-state index in [1.807, 2.05) is 54.1 Å². The van der Waals surface area contributed by atoms with E-state index in [0.717, 1.165) is 16.6 Å². The summed E-state index contributed by atoms with van der Waals surface area (Å²) < 4.78 is 2.03. The largest absolute Gasteiger partial charge is 1.00 e. The Kier molecular flexibility index (Phi) is 5.50. The summed E-state index contributed by atoms with van der Waals surface area (Å²) in [5.41, 5.74) is 2.37. The molecule has 3 rings (SSSR count). The number of hydrogen-bond donors (Lipinski definition) is 1. The van der Waals surface area contributed by atoms with Crippen molar-refractivity contribution in [2.24, 2.45) is 7.05 Å². The highest BCUT2D eigenvalue weighted by Crippen LogP contribution is 2.24. The lowest BCUT2D eigenvalue weighted by Gasteiger charge is -2.01. The number of pyridine rings is 1. The molecule has 0 saturated carbocycles. The van der Waals surface area contributed by atoms with Crippen molar-refractivity contribution < 1.29 is 38.6 Å². The van der Waals surface area contributed by atoms with Gasteiger partial charge in [-0.3, -0.25) is 10.1 Å². The van der Waals surface area contributed by atoms with Gasteiger partial charge in [0.15, 0.2) is 0 Å². The lowest BCUT2D eigenvalue weighted by Crippen LogP contribution is -3.00. The molecule has 1 aromatic heterocycles. The molecule has 122 valence electrons. The zero-order valence-electron chi connectivity index (χ0n) is 12.9. The second-order valence-electron chi connectivity index (χ2n) is 5.21. The topological polar surface area (TPSA) is 67.2 Å². The molecular weight excluding hydrogens is 419 g/mol. The van der Waals surface area contributed by atoms with E-state index in [4.69, 9.17) is 0 Å². The first-order chi connectivity index (χ1) is 11.1. The van der Waals surface area contributed by atoms with Crippen molar-refractivity contribution in [2.75, 3.05) is 0 Å². The third kappa shape index (κ3) is 3.53. The van der Waals surface area contributed by atoms with Crippen molar-refractivity contribution in [3.63, 3.8) is 0 Å². The van der Waals surface area contributed by atoms with Gasteiger partial charge in [-0.15, -0.1) is 0 Å². The number of rotatable bonds is 3. The zero-order chi connectivity index (χ0) is 16.4. The number of aromatic nitrogens is 1. The summed E-state index contributed by atoms with van der Waals surface area (Å²) in [5.74, 6) is 0.00953. The molecule has 0 saturated heterocycles. The Bertz CT molecular complexity index is 939. The molecule has 0 unspecified atom stereocenters. The van der Waals surface area contributed by atoms with Crippen LogP contribution in [-0.2, 0) is 7.05 Å². The lowest BCUT2D eigenvalue weighted by molar-refractivity contribution is -0.646. The van der Waals surface area contributed by atoms with Crippen LogP contribution in [0.3, 0.4) is 0 Å². The molecule has 2 aromatic carbocycles. The van der Waals surface area contributed by atoms with Crippen LogP contribution >= 0.6 is 0 Å². The summed E-state index contributed by atoms with van der Waals surface area (Å²) in [6, 6.07) is 16.0. The number of nitrogens with zero attached hydrogens (tertiary/aromatic N) is 2. The molecule has 0 atom stereocenters. The van der Waals surface area contributed by atoms with E-state index in [9.17, 15) is 15.2 Å². The molecule has 6 heteroatoms. The van der Waals surface area contributed by atoms with Crippen LogP contribution < -0.4 is 28.5 Å². The first-order valence-corrected chi connectivity index (χ1v) is 7.09. The van der Waals surface area contributed by atoms with E-state index < -0.39 is 4.92 Å². The van der Waals surface area contributed by atoms with Gasteiger partial charge in [0.1, 0.15) is 12.8 Å². The molecule has 0 bridgehead atoms. The highest BCUT2D eigenvalue weighted by molar-refractivity contribution is 5.78. The third-order valence-corrected chi connectivity index (χ3v) is 3.77. The van der Waals surface area contributed by atoms with Crippen LogP contribution in [0.5, 0.6) is 5.75 Å². The number of phenols is 1. The first kappa shape index (κ1) is 17.9. The Balaban J connectivity index is 0.00000208. The van der Waals surface area contributed by atoms with Crippen LogP contribution in [0, 0.1) is 10.1 Å². The number of phenolic OH excluding ortho intramolecular Hbond substituents is 1. The first-order valence-electron chi connectivity index (χ1n) is 7.09. The van der Waals surface area contributed by atoms with Crippen molar-refractivity contribution in [3.05, 3.63) is 76.0 Å². The molecule has 0 fully saturated rings. The summed E-state index contributed by atoms with van der Waals surface area (Å²) in [4.78, 5) is 10.4. The number of aryl methyl sites for hydroxylation is 1. The van der Waals surface area contributed by atoms with Crippen LogP contribution in [0.4, 0.5) is 5.69 Å². The van der Waals surface area contributed by atoms with Gasteiger partial charge < -0.3 is 29.1 Å². The molecule has 24 heavy (non-hydrogen) atoms. The van der Waals surface area contributed by atoms with Crippen molar-refractivity contribution in [1.29, 1.82) is 0 Å². The van der Waals surface area contributed by atoms with Gasteiger partial charge in [0.25, 0.3) is 5.69 Å². The molecule has 1 heterocycles. The number of aromatic hydroxyl groups is 1. The highest BCUT2D eigenvalue weighted by atomic mass is 127. The number of benzene rings is 2. The van der Waals surface area contributed by atoms with E-state index in [1.165, 1.54) is 18.2 Å². The predicted octanol–water partition coefficient (Wildman–Crippen LogP) is 0.452. The van der Waals surface area contributed by atoms with Crippen molar-refractivity contribution in [2.45, 2.75) is 0 Å². The number of halogens is 1. The van der Waals surface area contributed by atoms with Gasteiger partial charge in [-0.2, -0.15) is 4.57 Å². The summed E-state index contributed by atoms with van der Waals surface area (Å²) in [5, 5.41) is 21.8. The van der Waals surface area contributed by atoms with Crippen LogP contribution in [0.1, 0.15) is 11.3 Å². The smallest absolute Gasteiger partial charge is 0.270 e. The monoisotopic (exact) mass is 434 g/mol. The summed E-state index contributed by atoms with van der Waals surface area (Å²) in [6.45, 7) is 0. The minimum absolute atomic E-state index is 0. The van der Waals surface area contributed by atoms with Gasteiger partial charge in [-0.1, -0.05) is 12.1 Å². The number of non-ortho nitro benzene ring substituents is 1. The number of para-hydroxylation sites is 1. The fourth-order valence-electron chi connectivity index (χ4n) is 2.49. The molecule has 0 radical (unpaired) electrons. The SMILES string of the molecule is C[n+]1c(/C=C/c2cc([N+](=O)[O-])ccc2O)ccc2ccccc21.[I-]. The second-order valence-corrected chi connectivity index (χ2v) is 5.21. The second kappa shape index (κ2) is 7.39. The molecular formula is C18H15IN2O3. The summed E-state index contributed by atoms with van der Waals surface area (Å²) in [6.07, 6.45) is 3.50. The van der Waals surface area contributed by atoms with Crippen molar-refractivity contribution in [1.82, 2.24) is 0 Å². The highest BCUT2D eigenvalue weighted by Gasteiger charge is 2.11. The number of nitro groups is 1. The third-order valence-electron chi connectivity index (χ3n) is 3.77.